The molecule has 0 radical (unpaired) electrons. The Balaban J connectivity index is 1.67. The number of carbonyl (C=O) groups is 3. The molecule has 3 amide bonds. The van der Waals surface area contributed by atoms with E-state index < -0.39 is 17.5 Å². The standard InChI is InChI=1S/C18H24N4O4/c1-18(19,10-23)9-20-7-11-2-3-12-8-22(17(26)13(12)6-11)14-4-5-15(24)21-16(14)25/h2-3,6,14,20,23H,4-5,7-10,19H2,1H3,(H,21,24,25). The lowest BCUT2D eigenvalue weighted by molar-refractivity contribution is -0.136. The van der Waals surface area contributed by atoms with Crippen LogP contribution in [-0.2, 0) is 22.7 Å². The van der Waals surface area contributed by atoms with Crippen molar-refractivity contribution in [1.82, 2.24) is 15.5 Å². The summed E-state index contributed by atoms with van der Waals surface area (Å²) in [5, 5.41) is 14.6. The third kappa shape index (κ3) is 3.77. The molecule has 1 aromatic rings. The van der Waals surface area contributed by atoms with E-state index in [1.165, 1.54) is 4.90 Å². The minimum atomic E-state index is -0.699. The molecule has 1 fully saturated rings. The van der Waals surface area contributed by atoms with Crippen LogP contribution in [0.5, 0.6) is 0 Å². The largest absolute Gasteiger partial charge is 0.394 e. The molecule has 3 rings (SSSR count). The Morgan fingerprint density at radius 3 is 2.85 bits per heavy atom. The van der Waals surface area contributed by atoms with Gasteiger partial charge in [0.15, 0.2) is 0 Å². The highest BCUT2D eigenvalue weighted by Gasteiger charge is 2.39. The number of fused-ring (bicyclic) bond motifs is 1. The lowest BCUT2D eigenvalue weighted by Gasteiger charge is -2.29. The van der Waals surface area contributed by atoms with Gasteiger partial charge in [-0.25, -0.2) is 0 Å². The quantitative estimate of drug-likeness (QED) is 0.495. The van der Waals surface area contributed by atoms with E-state index in [2.05, 4.69) is 10.6 Å². The number of nitrogens with one attached hydrogen (secondary N) is 2. The first-order chi connectivity index (χ1) is 12.3. The van der Waals surface area contributed by atoms with Gasteiger partial charge in [-0.05, 0) is 30.5 Å². The van der Waals surface area contributed by atoms with E-state index in [0.29, 0.717) is 31.6 Å². The van der Waals surface area contributed by atoms with Gasteiger partial charge >= 0.3 is 0 Å². The number of hydrogen-bond acceptors (Lipinski definition) is 6. The van der Waals surface area contributed by atoms with E-state index in [0.717, 1.165) is 11.1 Å². The van der Waals surface area contributed by atoms with Crippen LogP contribution in [-0.4, -0.2) is 52.5 Å². The number of hydrogen-bond donors (Lipinski definition) is 4. The summed E-state index contributed by atoms with van der Waals surface area (Å²) in [4.78, 5) is 37.6. The highest BCUT2D eigenvalue weighted by Crippen LogP contribution is 2.28. The van der Waals surface area contributed by atoms with Crippen LogP contribution in [0.15, 0.2) is 18.2 Å². The van der Waals surface area contributed by atoms with Gasteiger partial charge in [0.25, 0.3) is 5.91 Å². The molecule has 140 valence electrons. The van der Waals surface area contributed by atoms with Crippen LogP contribution >= 0.6 is 0 Å². The predicted octanol–water partition coefficient (Wildman–Crippen LogP) is -0.753. The fourth-order valence-electron chi connectivity index (χ4n) is 3.26. The van der Waals surface area contributed by atoms with Gasteiger partial charge in [-0.15, -0.1) is 0 Å². The molecule has 2 aliphatic rings. The fraction of sp³-hybridized carbons (Fsp3) is 0.500. The zero-order valence-electron chi connectivity index (χ0n) is 14.7. The molecular weight excluding hydrogens is 336 g/mol. The van der Waals surface area contributed by atoms with Crippen LogP contribution in [0.2, 0.25) is 0 Å². The van der Waals surface area contributed by atoms with E-state index in [4.69, 9.17) is 5.73 Å². The number of aliphatic hydroxyl groups is 1. The van der Waals surface area contributed by atoms with Crippen molar-refractivity contribution >= 4 is 17.7 Å². The topological polar surface area (TPSA) is 125 Å². The molecule has 5 N–H and O–H groups in total. The molecule has 26 heavy (non-hydrogen) atoms. The molecule has 0 bridgehead atoms. The SMILES string of the molecule is CC(N)(CO)CNCc1ccc2c(c1)C(=O)N(C1CCC(=O)NC1=O)C2. The van der Waals surface area contributed by atoms with Gasteiger partial charge in [0, 0.05) is 37.2 Å². The summed E-state index contributed by atoms with van der Waals surface area (Å²) < 4.78 is 0. The molecule has 2 heterocycles. The zero-order valence-corrected chi connectivity index (χ0v) is 14.7. The smallest absolute Gasteiger partial charge is 0.255 e. The minimum Gasteiger partial charge on any atom is -0.394 e. The molecule has 8 nitrogen and oxygen atoms in total. The van der Waals surface area contributed by atoms with Gasteiger partial charge in [-0.3, -0.25) is 19.7 Å². The van der Waals surface area contributed by atoms with Crippen LogP contribution in [0, 0.1) is 0 Å². The van der Waals surface area contributed by atoms with Gasteiger partial charge in [0.1, 0.15) is 6.04 Å². The summed E-state index contributed by atoms with van der Waals surface area (Å²) in [5.74, 6) is -0.885. The molecule has 1 aromatic carbocycles. The second-order valence-electron chi connectivity index (χ2n) is 7.31. The Labute approximate surface area is 151 Å². The number of piperidine rings is 1. The van der Waals surface area contributed by atoms with Crippen LogP contribution in [0.3, 0.4) is 0 Å². The van der Waals surface area contributed by atoms with Crippen molar-refractivity contribution in [2.75, 3.05) is 13.2 Å². The number of nitrogens with zero attached hydrogens (tertiary/aromatic N) is 1. The number of amides is 3. The van der Waals surface area contributed by atoms with Crippen molar-refractivity contribution in [3.05, 3.63) is 34.9 Å². The maximum absolute atomic E-state index is 12.7. The van der Waals surface area contributed by atoms with E-state index in [1.807, 2.05) is 18.2 Å². The molecule has 0 spiro atoms. The fourth-order valence-corrected chi connectivity index (χ4v) is 3.26. The molecule has 1 saturated heterocycles. The summed E-state index contributed by atoms with van der Waals surface area (Å²) in [6, 6.07) is 5.05. The maximum Gasteiger partial charge on any atom is 0.255 e. The van der Waals surface area contributed by atoms with Gasteiger partial charge < -0.3 is 21.1 Å². The van der Waals surface area contributed by atoms with Crippen molar-refractivity contribution in [3.63, 3.8) is 0 Å². The Hall–Kier alpha value is -2.29. The normalized spacial score (nSPS) is 22.2. The number of rotatable bonds is 6. The summed E-state index contributed by atoms with van der Waals surface area (Å²) in [5.41, 5.74) is 7.58. The second-order valence-corrected chi connectivity index (χ2v) is 7.31. The summed E-state index contributed by atoms with van der Waals surface area (Å²) in [7, 11) is 0. The van der Waals surface area contributed by atoms with E-state index in [9.17, 15) is 19.5 Å². The first-order valence-corrected chi connectivity index (χ1v) is 8.68. The Bertz CT molecular complexity index is 747. The van der Waals surface area contributed by atoms with Crippen molar-refractivity contribution < 1.29 is 19.5 Å². The third-order valence-corrected chi connectivity index (χ3v) is 4.81. The average molecular weight is 360 g/mol. The molecule has 0 aliphatic carbocycles. The Kier molecular flexibility index (Phi) is 5.08. The number of carbonyl (C=O) groups excluding carboxylic acids is 3. The van der Waals surface area contributed by atoms with Crippen molar-refractivity contribution in [1.29, 1.82) is 0 Å². The van der Waals surface area contributed by atoms with Crippen molar-refractivity contribution in [2.24, 2.45) is 5.73 Å². The maximum atomic E-state index is 12.7. The number of imide groups is 1. The first kappa shape index (κ1) is 18.5. The molecule has 8 heteroatoms. The van der Waals surface area contributed by atoms with Crippen LogP contribution in [0.25, 0.3) is 0 Å². The summed E-state index contributed by atoms with van der Waals surface area (Å²) >= 11 is 0. The minimum absolute atomic E-state index is 0.121. The number of nitrogens with two attached hydrogens (primary N) is 1. The van der Waals surface area contributed by atoms with E-state index in [1.54, 1.807) is 6.92 Å². The lowest BCUT2D eigenvalue weighted by atomic mass is 10.0. The van der Waals surface area contributed by atoms with Crippen molar-refractivity contribution in [3.8, 4) is 0 Å². The monoisotopic (exact) mass is 360 g/mol. The molecule has 0 aromatic heterocycles. The third-order valence-electron chi connectivity index (χ3n) is 4.81. The van der Waals surface area contributed by atoms with Gasteiger partial charge in [0.05, 0.1) is 6.61 Å². The zero-order chi connectivity index (χ0) is 18.9. The molecule has 2 atom stereocenters. The summed E-state index contributed by atoms with van der Waals surface area (Å²) in [6.45, 7) is 2.97. The highest BCUT2D eigenvalue weighted by atomic mass is 16.3. The first-order valence-electron chi connectivity index (χ1n) is 8.68. The lowest BCUT2D eigenvalue weighted by Crippen LogP contribution is -2.52. The van der Waals surface area contributed by atoms with Gasteiger partial charge in [-0.2, -0.15) is 0 Å². The van der Waals surface area contributed by atoms with Gasteiger partial charge in [0.2, 0.25) is 11.8 Å². The number of aliphatic hydroxyl groups excluding tert-OH is 1. The average Bonchev–Trinajstić information content (AvgIpc) is 2.91. The van der Waals surface area contributed by atoms with E-state index in [-0.39, 0.29) is 24.8 Å². The highest BCUT2D eigenvalue weighted by molar-refractivity contribution is 6.05. The summed E-state index contributed by atoms with van der Waals surface area (Å²) in [6.07, 6.45) is 0.601. The van der Waals surface area contributed by atoms with Crippen LogP contribution in [0.1, 0.15) is 41.3 Å². The van der Waals surface area contributed by atoms with Gasteiger partial charge in [-0.1, -0.05) is 12.1 Å². The van der Waals surface area contributed by atoms with Crippen LogP contribution < -0.4 is 16.4 Å². The molecule has 2 unspecified atom stereocenters. The van der Waals surface area contributed by atoms with Crippen LogP contribution in [0.4, 0.5) is 0 Å². The Morgan fingerprint density at radius 1 is 1.38 bits per heavy atom. The van der Waals surface area contributed by atoms with Crippen molar-refractivity contribution in [2.45, 2.75) is 44.4 Å². The molecule has 2 aliphatic heterocycles. The molecular formula is C18H24N4O4. The second kappa shape index (κ2) is 7.14. The predicted molar refractivity (Wildman–Crippen MR) is 93.9 cm³/mol. The number of benzene rings is 1. The van der Waals surface area contributed by atoms with E-state index >= 15 is 0 Å². The molecule has 0 saturated carbocycles. The Morgan fingerprint density at radius 2 is 2.15 bits per heavy atom.